The number of nitrogens with one attached hydrogen (secondary N) is 1. The zero-order valence-electron chi connectivity index (χ0n) is 17.2. The number of carbonyl (C=O) groups is 1. The summed E-state index contributed by atoms with van der Waals surface area (Å²) in [5.74, 6) is 1.25. The van der Waals surface area contributed by atoms with Crippen LogP contribution in [0.5, 0.6) is 0 Å². The van der Waals surface area contributed by atoms with Crippen molar-refractivity contribution in [3.63, 3.8) is 0 Å². The van der Waals surface area contributed by atoms with Crippen molar-refractivity contribution >= 4 is 33.5 Å². The number of furan rings is 1. The number of hydrogen-bond acceptors (Lipinski definition) is 4. The van der Waals surface area contributed by atoms with E-state index in [4.69, 9.17) is 9.40 Å². The molecule has 0 saturated heterocycles. The topological polar surface area (TPSA) is 55.1 Å². The van der Waals surface area contributed by atoms with Gasteiger partial charge in [0.05, 0.1) is 10.2 Å². The van der Waals surface area contributed by atoms with Gasteiger partial charge in [-0.15, -0.1) is 11.3 Å². The Morgan fingerprint density at radius 3 is 2.47 bits per heavy atom. The largest absolute Gasteiger partial charge is 0.457 e. The molecule has 0 fully saturated rings. The molecule has 0 unspecified atom stereocenters. The first-order valence-electron chi connectivity index (χ1n) is 10.3. The van der Waals surface area contributed by atoms with Gasteiger partial charge < -0.3 is 9.73 Å². The van der Waals surface area contributed by atoms with Crippen LogP contribution in [0.4, 0.5) is 0 Å². The molecule has 5 aromatic rings. The fourth-order valence-corrected chi connectivity index (χ4v) is 4.34. The van der Waals surface area contributed by atoms with Crippen LogP contribution in [-0.2, 0) is 11.3 Å². The van der Waals surface area contributed by atoms with Gasteiger partial charge in [-0.05, 0) is 35.9 Å². The van der Waals surface area contributed by atoms with E-state index in [-0.39, 0.29) is 5.91 Å². The Kier molecular flexibility index (Phi) is 5.64. The molecule has 1 N–H and O–H groups in total. The van der Waals surface area contributed by atoms with Gasteiger partial charge in [-0.3, -0.25) is 4.79 Å². The van der Waals surface area contributed by atoms with Crippen molar-refractivity contribution in [3.8, 4) is 21.9 Å². The second-order valence-electron chi connectivity index (χ2n) is 7.30. The summed E-state index contributed by atoms with van der Waals surface area (Å²) >= 11 is 1.68. The standard InChI is InChI=1S/C27H20N2O2S/c30-26(17-15-22-14-16-24(31-22)20-6-2-1-3-7-20)28-18-19-10-12-21(13-11-19)27-29-23-8-4-5-9-25(23)32-27/h1-17H,18H2,(H,28,30)/b17-15+. The van der Waals surface area contributed by atoms with Crippen molar-refractivity contribution < 1.29 is 9.21 Å². The number of para-hydroxylation sites is 1. The van der Waals surface area contributed by atoms with E-state index in [1.807, 2.05) is 84.9 Å². The number of nitrogens with zero attached hydrogens (tertiary/aromatic N) is 1. The van der Waals surface area contributed by atoms with Gasteiger partial charge in [0.2, 0.25) is 5.91 Å². The predicted molar refractivity (Wildman–Crippen MR) is 130 cm³/mol. The highest BCUT2D eigenvalue weighted by Crippen LogP contribution is 2.30. The van der Waals surface area contributed by atoms with Gasteiger partial charge in [0.25, 0.3) is 0 Å². The lowest BCUT2D eigenvalue weighted by Crippen LogP contribution is -2.20. The van der Waals surface area contributed by atoms with Crippen LogP contribution >= 0.6 is 11.3 Å². The third kappa shape index (κ3) is 4.53. The molecular weight excluding hydrogens is 416 g/mol. The molecule has 0 saturated carbocycles. The van der Waals surface area contributed by atoms with Crippen LogP contribution in [-0.4, -0.2) is 10.9 Å². The molecule has 0 aliphatic heterocycles. The maximum Gasteiger partial charge on any atom is 0.244 e. The van der Waals surface area contributed by atoms with Gasteiger partial charge >= 0.3 is 0 Å². The SMILES string of the molecule is O=C(/C=C/c1ccc(-c2ccccc2)o1)NCc1ccc(-c2nc3ccccc3s2)cc1. The molecule has 2 heterocycles. The summed E-state index contributed by atoms with van der Waals surface area (Å²) in [6.07, 6.45) is 3.17. The fraction of sp³-hybridized carbons (Fsp3) is 0.0370. The lowest BCUT2D eigenvalue weighted by molar-refractivity contribution is -0.116. The summed E-state index contributed by atoms with van der Waals surface area (Å²) in [6, 6.07) is 29.9. The monoisotopic (exact) mass is 436 g/mol. The Labute approximate surface area is 189 Å². The minimum Gasteiger partial charge on any atom is -0.457 e. The number of hydrogen-bond donors (Lipinski definition) is 1. The van der Waals surface area contributed by atoms with Gasteiger partial charge in [-0.1, -0.05) is 66.7 Å². The lowest BCUT2D eigenvalue weighted by Gasteiger charge is -2.03. The highest BCUT2D eigenvalue weighted by Gasteiger charge is 2.06. The average molecular weight is 437 g/mol. The number of carbonyl (C=O) groups excluding carboxylic acids is 1. The van der Waals surface area contributed by atoms with Crippen LogP contribution in [0.25, 0.3) is 38.2 Å². The summed E-state index contributed by atoms with van der Waals surface area (Å²) in [4.78, 5) is 16.9. The maximum absolute atomic E-state index is 12.2. The van der Waals surface area contributed by atoms with Gasteiger partial charge in [-0.25, -0.2) is 4.98 Å². The number of thiazole rings is 1. The molecule has 0 atom stereocenters. The van der Waals surface area contributed by atoms with E-state index < -0.39 is 0 Å². The number of aromatic nitrogens is 1. The lowest BCUT2D eigenvalue weighted by atomic mass is 10.1. The zero-order valence-corrected chi connectivity index (χ0v) is 18.0. The van der Waals surface area contributed by atoms with Crippen LogP contribution in [0.1, 0.15) is 11.3 Å². The number of rotatable bonds is 6. The van der Waals surface area contributed by atoms with Crippen molar-refractivity contribution in [2.45, 2.75) is 6.54 Å². The molecule has 5 heteroatoms. The number of benzene rings is 3. The van der Waals surface area contributed by atoms with Gasteiger partial charge in [0.15, 0.2) is 0 Å². The van der Waals surface area contributed by atoms with Gasteiger partial charge in [0, 0.05) is 23.7 Å². The summed E-state index contributed by atoms with van der Waals surface area (Å²) in [7, 11) is 0. The van der Waals surface area contributed by atoms with Crippen LogP contribution in [0.2, 0.25) is 0 Å². The third-order valence-electron chi connectivity index (χ3n) is 5.05. The Morgan fingerprint density at radius 2 is 1.66 bits per heavy atom. The summed E-state index contributed by atoms with van der Waals surface area (Å²) in [6.45, 7) is 0.455. The quantitative estimate of drug-likeness (QED) is 0.307. The number of fused-ring (bicyclic) bond motifs is 1. The Hall–Kier alpha value is -3.96. The summed E-state index contributed by atoms with van der Waals surface area (Å²) in [5, 5.41) is 3.91. The number of amides is 1. The maximum atomic E-state index is 12.2. The smallest absolute Gasteiger partial charge is 0.244 e. The highest BCUT2D eigenvalue weighted by atomic mass is 32.1. The van der Waals surface area contributed by atoms with Gasteiger partial charge in [0.1, 0.15) is 16.5 Å². The molecule has 1 amide bonds. The molecule has 2 aromatic heterocycles. The zero-order chi connectivity index (χ0) is 21.8. The molecule has 5 rings (SSSR count). The van der Waals surface area contributed by atoms with E-state index >= 15 is 0 Å². The molecule has 0 radical (unpaired) electrons. The summed E-state index contributed by atoms with van der Waals surface area (Å²) in [5.41, 5.74) is 4.13. The molecule has 4 nitrogen and oxygen atoms in total. The van der Waals surface area contributed by atoms with E-state index in [1.165, 1.54) is 10.8 Å². The van der Waals surface area contributed by atoms with E-state index in [2.05, 4.69) is 11.4 Å². The second kappa shape index (κ2) is 9.04. The van der Waals surface area contributed by atoms with Crippen LogP contribution in [0.15, 0.2) is 101 Å². The Bertz CT molecular complexity index is 1350. The molecule has 0 bridgehead atoms. The van der Waals surface area contributed by atoms with E-state index in [9.17, 15) is 4.79 Å². The van der Waals surface area contributed by atoms with Crippen molar-refractivity contribution in [3.05, 3.63) is 108 Å². The minimum absolute atomic E-state index is 0.169. The molecule has 0 spiro atoms. The van der Waals surface area contributed by atoms with Crippen LogP contribution in [0, 0.1) is 0 Å². The van der Waals surface area contributed by atoms with Gasteiger partial charge in [-0.2, -0.15) is 0 Å². The highest BCUT2D eigenvalue weighted by molar-refractivity contribution is 7.21. The molecule has 0 aliphatic rings. The summed E-state index contributed by atoms with van der Waals surface area (Å²) < 4.78 is 6.97. The Morgan fingerprint density at radius 1 is 0.875 bits per heavy atom. The minimum atomic E-state index is -0.169. The first-order valence-corrected chi connectivity index (χ1v) is 11.1. The molecular formula is C27H20N2O2S. The van der Waals surface area contributed by atoms with E-state index in [0.29, 0.717) is 12.3 Å². The average Bonchev–Trinajstić information content (AvgIpc) is 3.50. The van der Waals surface area contributed by atoms with Crippen LogP contribution in [0.3, 0.4) is 0 Å². The van der Waals surface area contributed by atoms with Crippen LogP contribution < -0.4 is 5.32 Å². The molecule has 3 aromatic carbocycles. The van der Waals surface area contributed by atoms with Crippen molar-refractivity contribution in [2.24, 2.45) is 0 Å². The van der Waals surface area contributed by atoms with Crippen molar-refractivity contribution in [1.82, 2.24) is 10.3 Å². The second-order valence-corrected chi connectivity index (χ2v) is 8.33. The first-order chi connectivity index (χ1) is 15.7. The van der Waals surface area contributed by atoms with E-state index in [0.717, 1.165) is 33.0 Å². The van der Waals surface area contributed by atoms with E-state index in [1.54, 1.807) is 17.4 Å². The van der Waals surface area contributed by atoms with Crippen molar-refractivity contribution in [2.75, 3.05) is 0 Å². The van der Waals surface area contributed by atoms with Crippen molar-refractivity contribution in [1.29, 1.82) is 0 Å². The molecule has 32 heavy (non-hydrogen) atoms. The predicted octanol–water partition coefficient (Wildman–Crippen LogP) is 6.55. The fourth-order valence-electron chi connectivity index (χ4n) is 3.37. The normalized spacial score (nSPS) is 11.2. The molecule has 156 valence electrons. The molecule has 0 aliphatic carbocycles. The third-order valence-corrected chi connectivity index (χ3v) is 6.13. The first kappa shape index (κ1) is 20.0. The Balaban J connectivity index is 1.18.